The van der Waals surface area contributed by atoms with E-state index in [-0.39, 0.29) is 12.2 Å². The topological polar surface area (TPSA) is 73.6 Å². The van der Waals surface area contributed by atoms with Crippen LogP contribution in [0.1, 0.15) is 40.5 Å². The van der Waals surface area contributed by atoms with Gasteiger partial charge in [-0.3, -0.25) is 4.79 Å². The third-order valence-corrected chi connectivity index (χ3v) is 3.36. The molecule has 1 amide bonds. The molecule has 5 heteroatoms. The van der Waals surface area contributed by atoms with Crippen LogP contribution in [0.15, 0.2) is 0 Å². The molecule has 0 unspecified atom stereocenters. The van der Waals surface area contributed by atoms with E-state index in [0.29, 0.717) is 26.3 Å². The molecule has 0 aliphatic rings. The predicted octanol–water partition coefficient (Wildman–Crippen LogP) is 1.27. The van der Waals surface area contributed by atoms with E-state index < -0.39 is 5.41 Å². The summed E-state index contributed by atoms with van der Waals surface area (Å²) in [7, 11) is 0. The lowest BCUT2D eigenvalue weighted by atomic mass is 9.81. The average Bonchev–Trinajstić information content (AvgIpc) is 2.39. The summed E-state index contributed by atoms with van der Waals surface area (Å²) >= 11 is 0. The maximum atomic E-state index is 12.2. The van der Waals surface area contributed by atoms with E-state index in [1.54, 1.807) is 0 Å². The average molecular weight is 260 g/mol. The lowest BCUT2D eigenvalue weighted by Crippen LogP contribution is -2.47. The molecule has 0 aliphatic heterocycles. The van der Waals surface area contributed by atoms with Crippen LogP contribution in [0.5, 0.6) is 0 Å². The number of nitrogens with one attached hydrogen (secondary N) is 1. The van der Waals surface area contributed by atoms with Crippen LogP contribution in [0.25, 0.3) is 0 Å². The predicted molar refractivity (Wildman–Crippen MR) is 72.1 cm³/mol. The molecule has 0 atom stereocenters. The molecule has 0 aliphatic carbocycles. The molecule has 108 valence electrons. The van der Waals surface area contributed by atoms with Crippen molar-refractivity contribution in [3.63, 3.8) is 0 Å². The standard InChI is InChI=1S/C13H28N2O3/c1-5-13(6-2,10-14)12(16)15-9-11(17-7-3)18-8-4/h11H,5-10,14H2,1-4H3,(H,15,16). The van der Waals surface area contributed by atoms with Crippen molar-refractivity contribution in [3.8, 4) is 0 Å². The van der Waals surface area contributed by atoms with Gasteiger partial charge < -0.3 is 20.5 Å². The van der Waals surface area contributed by atoms with Crippen LogP contribution < -0.4 is 11.1 Å². The van der Waals surface area contributed by atoms with Crippen LogP contribution >= 0.6 is 0 Å². The second kappa shape index (κ2) is 9.30. The van der Waals surface area contributed by atoms with Gasteiger partial charge >= 0.3 is 0 Å². The highest BCUT2D eigenvalue weighted by Gasteiger charge is 2.33. The normalized spacial score (nSPS) is 11.9. The summed E-state index contributed by atoms with van der Waals surface area (Å²) in [6.07, 6.45) is 1.09. The maximum Gasteiger partial charge on any atom is 0.227 e. The van der Waals surface area contributed by atoms with Crippen LogP contribution in [0.2, 0.25) is 0 Å². The zero-order valence-electron chi connectivity index (χ0n) is 12.1. The molecule has 0 heterocycles. The summed E-state index contributed by atoms with van der Waals surface area (Å²) in [5.74, 6) is -0.0144. The second-order valence-electron chi connectivity index (χ2n) is 4.24. The van der Waals surface area contributed by atoms with E-state index in [0.717, 1.165) is 12.8 Å². The molecule has 5 nitrogen and oxygen atoms in total. The van der Waals surface area contributed by atoms with Crippen molar-refractivity contribution in [1.82, 2.24) is 5.32 Å². The van der Waals surface area contributed by atoms with Crippen LogP contribution in [0, 0.1) is 5.41 Å². The van der Waals surface area contributed by atoms with Gasteiger partial charge in [-0.1, -0.05) is 13.8 Å². The van der Waals surface area contributed by atoms with Crippen molar-refractivity contribution in [1.29, 1.82) is 0 Å². The molecule has 0 aromatic carbocycles. The van der Waals surface area contributed by atoms with Crippen molar-refractivity contribution in [2.24, 2.45) is 11.1 Å². The maximum absolute atomic E-state index is 12.2. The Morgan fingerprint density at radius 3 is 2.00 bits per heavy atom. The van der Waals surface area contributed by atoms with E-state index in [1.165, 1.54) is 0 Å². The zero-order chi connectivity index (χ0) is 14.0. The van der Waals surface area contributed by atoms with Crippen molar-refractivity contribution >= 4 is 5.91 Å². The quantitative estimate of drug-likeness (QED) is 0.580. The van der Waals surface area contributed by atoms with Crippen LogP contribution in [0.4, 0.5) is 0 Å². The molecule has 18 heavy (non-hydrogen) atoms. The summed E-state index contributed by atoms with van der Waals surface area (Å²) < 4.78 is 10.8. The summed E-state index contributed by atoms with van der Waals surface area (Å²) in [5, 5.41) is 2.88. The number of hydrogen-bond donors (Lipinski definition) is 2. The van der Waals surface area contributed by atoms with Crippen LogP contribution in [-0.4, -0.2) is 38.5 Å². The zero-order valence-corrected chi connectivity index (χ0v) is 12.1. The van der Waals surface area contributed by atoms with Crippen LogP contribution in [-0.2, 0) is 14.3 Å². The SMILES string of the molecule is CCOC(CNC(=O)C(CC)(CC)CN)OCC. The molecule has 0 radical (unpaired) electrons. The Bertz CT molecular complexity index is 216. The van der Waals surface area contributed by atoms with E-state index >= 15 is 0 Å². The van der Waals surface area contributed by atoms with Crippen molar-refractivity contribution < 1.29 is 14.3 Å². The first-order valence-corrected chi connectivity index (χ1v) is 6.81. The monoisotopic (exact) mass is 260 g/mol. The number of ether oxygens (including phenoxy) is 2. The third-order valence-electron chi connectivity index (χ3n) is 3.36. The largest absolute Gasteiger partial charge is 0.351 e. The number of nitrogens with two attached hydrogens (primary N) is 1. The summed E-state index contributed by atoms with van der Waals surface area (Å²) in [5.41, 5.74) is 5.26. The lowest BCUT2D eigenvalue weighted by molar-refractivity contribution is -0.145. The van der Waals surface area contributed by atoms with Gasteiger partial charge in [0.2, 0.25) is 5.91 Å². The molecule has 0 spiro atoms. The van der Waals surface area contributed by atoms with Gasteiger partial charge in [0.1, 0.15) is 0 Å². The number of carbonyl (C=O) groups excluding carboxylic acids is 1. The van der Waals surface area contributed by atoms with Gasteiger partial charge in [0.15, 0.2) is 6.29 Å². The molecule has 0 saturated carbocycles. The minimum atomic E-state index is -0.469. The molecule has 0 fully saturated rings. The van der Waals surface area contributed by atoms with E-state index in [1.807, 2.05) is 27.7 Å². The second-order valence-corrected chi connectivity index (χ2v) is 4.24. The van der Waals surface area contributed by atoms with Gasteiger partial charge in [0.25, 0.3) is 0 Å². The molecule has 0 bridgehead atoms. The highest BCUT2D eigenvalue weighted by Crippen LogP contribution is 2.24. The Labute approximate surface area is 110 Å². The van der Waals surface area contributed by atoms with Crippen molar-refractivity contribution in [2.45, 2.75) is 46.8 Å². The smallest absolute Gasteiger partial charge is 0.227 e. The Morgan fingerprint density at radius 2 is 1.67 bits per heavy atom. The fourth-order valence-corrected chi connectivity index (χ4v) is 1.85. The van der Waals surface area contributed by atoms with Crippen molar-refractivity contribution in [2.75, 3.05) is 26.3 Å². The number of carbonyl (C=O) groups is 1. The molecule has 0 saturated heterocycles. The van der Waals surface area contributed by atoms with Gasteiger partial charge in [-0.2, -0.15) is 0 Å². The third kappa shape index (κ3) is 4.92. The number of rotatable bonds is 10. The Hall–Kier alpha value is -0.650. The minimum absolute atomic E-state index is 0.0144. The van der Waals surface area contributed by atoms with Gasteiger partial charge in [-0.25, -0.2) is 0 Å². The first-order chi connectivity index (χ1) is 8.60. The van der Waals surface area contributed by atoms with Gasteiger partial charge in [-0.15, -0.1) is 0 Å². The molecular formula is C13H28N2O3. The van der Waals surface area contributed by atoms with Crippen LogP contribution in [0.3, 0.4) is 0 Å². The first kappa shape index (κ1) is 17.4. The molecular weight excluding hydrogens is 232 g/mol. The fraction of sp³-hybridized carbons (Fsp3) is 0.923. The van der Waals surface area contributed by atoms with Gasteiger partial charge in [0, 0.05) is 19.8 Å². The molecule has 0 aromatic heterocycles. The number of amides is 1. The Morgan fingerprint density at radius 1 is 1.17 bits per heavy atom. The summed E-state index contributed by atoms with van der Waals surface area (Å²) in [6.45, 7) is 9.61. The molecule has 3 N–H and O–H groups in total. The Balaban J connectivity index is 4.36. The Kier molecular flexibility index (Phi) is 8.97. The van der Waals surface area contributed by atoms with E-state index in [4.69, 9.17) is 15.2 Å². The minimum Gasteiger partial charge on any atom is -0.351 e. The van der Waals surface area contributed by atoms with Gasteiger partial charge in [-0.05, 0) is 26.7 Å². The van der Waals surface area contributed by atoms with E-state index in [9.17, 15) is 4.79 Å². The lowest BCUT2D eigenvalue weighted by Gasteiger charge is -2.29. The first-order valence-electron chi connectivity index (χ1n) is 6.81. The fourth-order valence-electron chi connectivity index (χ4n) is 1.85. The molecule has 0 aromatic rings. The summed E-state index contributed by atoms with van der Waals surface area (Å²) in [4.78, 5) is 12.2. The molecule has 0 rings (SSSR count). The van der Waals surface area contributed by atoms with Crippen molar-refractivity contribution in [3.05, 3.63) is 0 Å². The number of hydrogen-bond acceptors (Lipinski definition) is 4. The summed E-state index contributed by atoms with van der Waals surface area (Å²) in [6, 6.07) is 0. The van der Waals surface area contributed by atoms with E-state index in [2.05, 4.69) is 5.32 Å². The van der Waals surface area contributed by atoms with Gasteiger partial charge in [0.05, 0.1) is 12.0 Å². The highest BCUT2D eigenvalue weighted by molar-refractivity contribution is 5.82. The highest BCUT2D eigenvalue weighted by atomic mass is 16.7.